The Hall–Kier alpha value is -1.68. The molecule has 2 unspecified atom stereocenters. The molecule has 1 aliphatic carbocycles. The van der Waals surface area contributed by atoms with Crippen LogP contribution in [0.15, 0.2) is 30.9 Å². The summed E-state index contributed by atoms with van der Waals surface area (Å²) < 4.78 is 13.2. The molecule has 3 nitrogen and oxygen atoms in total. The number of hydrogen-bond donors (Lipinski definition) is 2. The van der Waals surface area contributed by atoms with E-state index in [1.807, 2.05) is 0 Å². The zero-order valence-corrected chi connectivity index (χ0v) is 8.61. The van der Waals surface area contributed by atoms with Crippen molar-refractivity contribution in [2.24, 2.45) is 0 Å². The van der Waals surface area contributed by atoms with Gasteiger partial charge in [0.15, 0.2) is 0 Å². The predicted octanol–water partition coefficient (Wildman–Crippen LogP) is 1.74. The first kappa shape index (κ1) is 10.8. The average Bonchev–Trinajstić information content (AvgIpc) is 2.55. The van der Waals surface area contributed by atoms with Crippen molar-refractivity contribution in [3.05, 3.63) is 42.0 Å². The van der Waals surface area contributed by atoms with Crippen LogP contribution in [0.25, 0.3) is 0 Å². The number of alkyl halides is 1. The third-order valence-corrected chi connectivity index (χ3v) is 2.67. The Bertz CT molecular complexity index is 445. The van der Waals surface area contributed by atoms with Crippen LogP contribution in [0.5, 0.6) is 0 Å². The summed E-state index contributed by atoms with van der Waals surface area (Å²) in [5.41, 5.74) is 1.88. The fourth-order valence-electron chi connectivity index (χ4n) is 1.84. The molecule has 1 aromatic carbocycles. The molecular weight excluding hydrogens is 209 g/mol. The van der Waals surface area contributed by atoms with E-state index in [0.717, 1.165) is 11.6 Å². The minimum Gasteiger partial charge on any atom is -0.385 e. The minimum atomic E-state index is -1.25. The van der Waals surface area contributed by atoms with E-state index in [4.69, 9.17) is 0 Å². The average molecular weight is 221 g/mol. The fraction of sp³-hybridized carbons (Fsp3) is 0.250. The first-order chi connectivity index (χ1) is 7.61. The second kappa shape index (κ2) is 4.06. The molecule has 2 N–H and O–H groups in total. The molecule has 0 saturated carbocycles. The molecule has 1 aromatic rings. The van der Waals surface area contributed by atoms with E-state index in [-0.39, 0.29) is 12.3 Å². The zero-order valence-electron chi connectivity index (χ0n) is 8.61. The molecule has 2 atom stereocenters. The van der Waals surface area contributed by atoms with Gasteiger partial charge in [-0.1, -0.05) is 12.6 Å². The summed E-state index contributed by atoms with van der Waals surface area (Å²) in [6.45, 7) is 3.33. The second-order valence-electron chi connectivity index (χ2n) is 3.77. The Kier molecular flexibility index (Phi) is 2.75. The summed E-state index contributed by atoms with van der Waals surface area (Å²) in [5, 5.41) is 12.1. The molecule has 0 aromatic heterocycles. The van der Waals surface area contributed by atoms with Crippen molar-refractivity contribution in [3.63, 3.8) is 0 Å². The van der Waals surface area contributed by atoms with Crippen LogP contribution < -0.4 is 5.32 Å². The van der Waals surface area contributed by atoms with Gasteiger partial charge in [0.1, 0.15) is 12.3 Å². The van der Waals surface area contributed by atoms with E-state index in [2.05, 4.69) is 11.9 Å². The number of hydrogen-bond acceptors (Lipinski definition) is 2. The highest BCUT2D eigenvalue weighted by atomic mass is 19.1. The largest absolute Gasteiger partial charge is 0.385 e. The number of amides is 1. The van der Waals surface area contributed by atoms with Crippen molar-refractivity contribution < 1.29 is 14.3 Å². The van der Waals surface area contributed by atoms with Crippen molar-refractivity contribution in [3.8, 4) is 0 Å². The molecule has 4 heteroatoms. The van der Waals surface area contributed by atoms with Gasteiger partial charge < -0.3 is 10.4 Å². The van der Waals surface area contributed by atoms with Crippen LogP contribution in [0.2, 0.25) is 0 Å². The lowest BCUT2D eigenvalue weighted by atomic mass is 10.1. The van der Waals surface area contributed by atoms with Crippen molar-refractivity contribution in [1.82, 2.24) is 0 Å². The number of benzene rings is 1. The van der Waals surface area contributed by atoms with E-state index in [9.17, 15) is 14.3 Å². The summed E-state index contributed by atoms with van der Waals surface area (Å²) in [5.74, 6) is -0.329. The van der Waals surface area contributed by atoms with Crippen molar-refractivity contribution >= 4 is 11.6 Å². The number of carbonyl (C=O) groups excluding carboxylic acids is 1. The molecule has 0 heterocycles. The molecule has 0 radical (unpaired) electrons. The van der Waals surface area contributed by atoms with Gasteiger partial charge in [0.2, 0.25) is 5.91 Å². The third-order valence-electron chi connectivity index (χ3n) is 2.67. The third kappa shape index (κ3) is 1.84. The summed E-state index contributed by atoms with van der Waals surface area (Å²) >= 11 is 0. The number of halogens is 1. The minimum absolute atomic E-state index is 0.228. The Morgan fingerprint density at radius 1 is 1.62 bits per heavy atom. The lowest BCUT2D eigenvalue weighted by Crippen LogP contribution is -2.08. The number of nitrogens with one attached hydrogen (secondary N) is 1. The Morgan fingerprint density at radius 3 is 3.06 bits per heavy atom. The van der Waals surface area contributed by atoms with Gasteiger partial charge in [-0.3, -0.25) is 4.79 Å². The van der Waals surface area contributed by atoms with E-state index >= 15 is 0 Å². The predicted molar refractivity (Wildman–Crippen MR) is 58.8 cm³/mol. The molecule has 0 fully saturated rings. The number of anilines is 1. The van der Waals surface area contributed by atoms with Gasteiger partial charge in [0.25, 0.3) is 0 Å². The smallest absolute Gasteiger partial charge is 0.247 e. The maximum Gasteiger partial charge on any atom is 0.247 e. The molecule has 16 heavy (non-hydrogen) atoms. The van der Waals surface area contributed by atoms with Gasteiger partial charge in [0.05, 0.1) is 0 Å². The van der Waals surface area contributed by atoms with Crippen LogP contribution in [0.1, 0.15) is 17.2 Å². The fourth-order valence-corrected chi connectivity index (χ4v) is 1.84. The normalized spacial score (nSPS) is 22.6. The molecule has 0 bridgehead atoms. The van der Waals surface area contributed by atoms with Gasteiger partial charge in [-0.2, -0.15) is 0 Å². The number of fused-ring (bicyclic) bond motifs is 1. The van der Waals surface area contributed by atoms with E-state index in [0.29, 0.717) is 11.3 Å². The number of rotatable bonds is 2. The van der Waals surface area contributed by atoms with Gasteiger partial charge in [-0.25, -0.2) is 4.39 Å². The Balaban J connectivity index is 2.27. The summed E-state index contributed by atoms with van der Waals surface area (Å²) in [4.78, 5) is 11.1. The maximum atomic E-state index is 13.2. The molecule has 84 valence electrons. The monoisotopic (exact) mass is 221 g/mol. The Morgan fingerprint density at radius 2 is 2.38 bits per heavy atom. The molecule has 2 rings (SSSR count). The van der Waals surface area contributed by atoms with Crippen LogP contribution in [-0.2, 0) is 11.2 Å². The van der Waals surface area contributed by atoms with Gasteiger partial charge in [-0.15, -0.1) is 0 Å². The molecule has 1 aliphatic rings. The molecule has 0 saturated heterocycles. The van der Waals surface area contributed by atoms with Gasteiger partial charge >= 0.3 is 0 Å². The topological polar surface area (TPSA) is 49.3 Å². The van der Waals surface area contributed by atoms with Crippen molar-refractivity contribution in [1.29, 1.82) is 0 Å². The molecule has 0 spiro atoms. The number of aliphatic hydroxyl groups is 1. The molecule has 1 amide bonds. The van der Waals surface area contributed by atoms with Crippen LogP contribution in [0, 0.1) is 0 Å². The van der Waals surface area contributed by atoms with Crippen LogP contribution in [-0.4, -0.2) is 17.2 Å². The lowest BCUT2D eigenvalue weighted by Gasteiger charge is -2.08. The van der Waals surface area contributed by atoms with Gasteiger partial charge in [-0.05, 0) is 29.3 Å². The number of carbonyl (C=O) groups is 1. The first-order valence-electron chi connectivity index (χ1n) is 5.00. The summed E-state index contributed by atoms with van der Waals surface area (Å²) in [6, 6.07) is 5.00. The molecular formula is C12H12FNO2. The maximum absolute atomic E-state index is 13.2. The quantitative estimate of drug-likeness (QED) is 0.747. The SMILES string of the molecule is C=CC(=O)Nc1ccc2c(c1)C(O)C(F)C2. The zero-order chi connectivity index (χ0) is 11.7. The van der Waals surface area contributed by atoms with Crippen molar-refractivity contribution in [2.75, 3.05) is 5.32 Å². The summed E-state index contributed by atoms with van der Waals surface area (Å²) in [6.07, 6.45) is -0.954. The second-order valence-corrected chi connectivity index (χ2v) is 3.77. The van der Waals surface area contributed by atoms with Crippen molar-refractivity contribution in [2.45, 2.75) is 18.7 Å². The molecule has 0 aliphatic heterocycles. The highest BCUT2D eigenvalue weighted by Crippen LogP contribution is 2.34. The van der Waals surface area contributed by atoms with E-state index in [1.54, 1.807) is 18.2 Å². The van der Waals surface area contributed by atoms with Crippen LogP contribution in [0.3, 0.4) is 0 Å². The highest BCUT2D eigenvalue weighted by molar-refractivity contribution is 5.98. The van der Waals surface area contributed by atoms with Crippen LogP contribution in [0.4, 0.5) is 10.1 Å². The van der Waals surface area contributed by atoms with E-state index < -0.39 is 12.3 Å². The number of aliphatic hydroxyl groups excluding tert-OH is 1. The lowest BCUT2D eigenvalue weighted by molar-refractivity contribution is -0.111. The summed E-state index contributed by atoms with van der Waals surface area (Å²) in [7, 11) is 0. The van der Waals surface area contributed by atoms with Gasteiger partial charge in [0, 0.05) is 12.1 Å². The van der Waals surface area contributed by atoms with E-state index in [1.165, 1.54) is 0 Å². The Labute approximate surface area is 92.6 Å². The highest BCUT2D eigenvalue weighted by Gasteiger charge is 2.30. The van der Waals surface area contributed by atoms with Crippen LogP contribution >= 0.6 is 0 Å². The standard InChI is InChI=1S/C12H12FNO2/c1-2-11(15)14-8-4-3-7-5-10(13)12(16)9(7)6-8/h2-4,6,10,12,16H,1,5H2,(H,14,15). The first-order valence-corrected chi connectivity index (χ1v) is 5.00.